The number of pyridine rings is 1. The van der Waals surface area contributed by atoms with Gasteiger partial charge in [-0.3, -0.25) is 9.88 Å². The second-order valence-corrected chi connectivity index (χ2v) is 13.7. The van der Waals surface area contributed by atoms with Gasteiger partial charge in [0.2, 0.25) is 0 Å². The van der Waals surface area contributed by atoms with Crippen LogP contribution >= 0.6 is 0 Å². The predicted octanol–water partition coefficient (Wildman–Crippen LogP) is 6.19. The van der Waals surface area contributed by atoms with Gasteiger partial charge in [-0.25, -0.2) is 0 Å². The Labute approximate surface area is 177 Å². The summed E-state index contributed by atoms with van der Waals surface area (Å²) in [5.41, 5.74) is 2.42. The molecule has 3 fully saturated rings. The van der Waals surface area contributed by atoms with Gasteiger partial charge < -0.3 is 4.43 Å². The molecule has 4 heteroatoms. The number of hydrogen-bond acceptors (Lipinski definition) is 3. The van der Waals surface area contributed by atoms with Crippen LogP contribution < -0.4 is 0 Å². The van der Waals surface area contributed by atoms with Crippen molar-refractivity contribution < 1.29 is 4.43 Å². The third-order valence-corrected chi connectivity index (χ3v) is 12.4. The minimum Gasteiger partial charge on any atom is -0.408 e. The van der Waals surface area contributed by atoms with Gasteiger partial charge in [0.1, 0.15) is 0 Å². The van der Waals surface area contributed by atoms with Crippen molar-refractivity contribution in [2.75, 3.05) is 13.1 Å². The van der Waals surface area contributed by atoms with Crippen LogP contribution in [0.15, 0.2) is 49.2 Å². The van der Waals surface area contributed by atoms with Crippen LogP contribution in [0.25, 0.3) is 10.9 Å². The summed E-state index contributed by atoms with van der Waals surface area (Å²) in [6, 6.07) is 14.8. The Morgan fingerprint density at radius 2 is 1.97 bits per heavy atom. The normalized spacial score (nSPS) is 27.8. The molecule has 0 saturated carbocycles. The van der Waals surface area contributed by atoms with Gasteiger partial charge in [0.15, 0.2) is 8.32 Å². The van der Waals surface area contributed by atoms with Crippen molar-refractivity contribution in [2.45, 2.75) is 63.9 Å². The maximum Gasteiger partial charge on any atom is 0.192 e. The summed E-state index contributed by atoms with van der Waals surface area (Å²) in [7, 11) is -1.75. The molecule has 2 bridgehead atoms. The molecular weight excluding hydrogens is 372 g/mol. The maximum absolute atomic E-state index is 7.28. The Hall–Kier alpha value is -1.49. The molecule has 1 unspecified atom stereocenters. The van der Waals surface area contributed by atoms with E-state index in [-0.39, 0.29) is 6.10 Å². The second-order valence-electron chi connectivity index (χ2n) is 8.95. The lowest BCUT2D eigenvalue weighted by molar-refractivity contribution is -0.0392. The number of piperidine rings is 3. The lowest BCUT2D eigenvalue weighted by Gasteiger charge is -2.52. The monoisotopic (exact) mass is 408 g/mol. The van der Waals surface area contributed by atoms with E-state index in [0.29, 0.717) is 12.0 Å². The Bertz CT molecular complexity index is 836. The van der Waals surface area contributed by atoms with Crippen LogP contribution in [-0.2, 0) is 4.43 Å². The molecule has 1 aromatic carbocycles. The maximum atomic E-state index is 7.28. The van der Waals surface area contributed by atoms with Gasteiger partial charge in [-0.15, -0.1) is 6.58 Å². The SMILES string of the molecule is C=C[C@H]1CN2CC[C@H]1C[C@H]2[C@H](O[Si](CC)(CC)CC)c1ccnc2ccccc12. The van der Waals surface area contributed by atoms with Crippen LogP contribution in [0, 0.1) is 11.8 Å². The molecule has 5 rings (SSSR count). The Morgan fingerprint density at radius 1 is 1.21 bits per heavy atom. The van der Waals surface area contributed by atoms with Crippen molar-refractivity contribution >= 4 is 19.2 Å². The number of rotatable bonds is 8. The second kappa shape index (κ2) is 8.71. The average Bonchev–Trinajstić information content (AvgIpc) is 2.80. The summed E-state index contributed by atoms with van der Waals surface area (Å²) in [4.78, 5) is 7.33. The van der Waals surface area contributed by atoms with Gasteiger partial charge in [-0.2, -0.15) is 0 Å². The molecule has 5 atom stereocenters. The molecule has 0 aliphatic carbocycles. The van der Waals surface area contributed by atoms with E-state index in [1.165, 1.54) is 48.5 Å². The first-order valence-corrected chi connectivity index (χ1v) is 14.1. The number of nitrogens with zero attached hydrogens (tertiary/aromatic N) is 2. The van der Waals surface area contributed by atoms with Crippen LogP contribution in [0.1, 0.15) is 45.3 Å². The van der Waals surface area contributed by atoms with Crippen molar-refractivity contribution in [2.24, 2.45) is 11.8 Å². The summed E-state index contributed by atoms with van der Waals surface area (Å²) >= 11 is 0. The van der Waals surface area contributed by atoms with E-state index < -0.39 is 8.32 Å². The van der Waals surface area contributed by atoms with Gasteiger partial charge >= 0.3 is 0 Å². The zero-order valence-corrected chi connectivity index (χ0v) is 19.3. The van der Waals surface area contributed by atoms with Crippen LogP contribution in [0.5, 0.6) is 0 Å². The first kappa shape index (κ1) is 20.8. The highest BCUT2D eigenvalue weighted by atomic mass is 28.4. The molecule has 3 aliphatic rings. The molecule has 0 amide bonds. The third-order valence-electron chi connectivity index (χ3n) is 7.80. The van der Waals surface area contributed by atoms with Crippen molar-refractivity contribution in [3.8, 4) is 0 Å². The van der Waals surface area contributed by atoms with Crippen molar-refractivity contribution in [3.63, 3.8) is 0 Å². The molecule has 3 nitrogen and oxygen atoms in total. The largest absolute Gasteiger partial charge is 0.408 e. The number of para-hydroxylation sites is 1. The highest BCUT2D eigenvalue weighted by Gasteiger charge is 2.45. The number of aromatic nitrogens is 1. The number of hydrogen-bond donors (Lipinski definition) is 0. The summed E-state index contributed by atoms with van der Waals surface area (Å²) in [5, 5.41) is 1.26. The lowest BCUT2D eigenvalue weighted by atomic mass is 9.73. The van der Waals surface area contributed by atoms with Gasteiger partial charge in [-0.1, -0.05) is 45.0 Å². The van der Waals surface area contributed by atoms with Gasteiger partial charge in [0.25, 0.3) is 0 Å². The fraction of sp³-hybridized carbons (Fsp3) is 0.560. The van der Waals surface area contributed by atoms with Gasteiger partial charge in [0, 0.05) is 24.2 Å². The van der Waals surface area contributed by atoms with E-state index in [0.717, 1.165) is 18.0 Å². The molecule has 3 saturated heterocycles. The minimum absolute atomic E-state index is 0.142. The first-order valence-electron chi connectivity index (χ1n) is 11.5. The minimum atomic E-state index is -1.75. The molecule has 4 heterocycles. The summed E-state index contributed by atoms with van der Waals surface area (Å²) in [6.07, 6.45) is 6.83. The van der Waals surface area contributed by atoms with Crippen molar-refractivity contribution in [3.05, 3.63) is 54.7 Å². The molecule has 1 aromatic heterocycles. The zero-order chi connectivity index (χ0) is 20.4. The van der Waals surface area contributed by atoms with E-state index in [9.17, 15) is 0 Å². The smallest absolute Gasteiger partial charge is 0.192 e. The van der Waals surface area contributed by atoms with Crippen LogP contribution in [0.4, 0.5) is 0 Å². The molecule has 156 valence electrons. The Morgan fingerprint density at radius 3 is 2.62 bits per heavy atom. The molecule has 3 aliphatic heterocycles. The summed E-state index contributed by atoms with van der Waals surface area (Å²) < 4.78 is 7.28. The quantitative estimate of drug-likeness (QED) is 0.384. The molecule has 2 aromatic rings. The zero-order valence-electron chi connectivity index (χ0n) is 18.3. The van der Waals surface area contributed by atoms with E-state index in [1.54, 1.807) is 0 Å². The third kappa shape index (κ3) is 3.83. The van der Waals surface area contributed by atoms with E-state index in [2.05, 4.69) is 73.6 Å². The molecule has 0 N–H and O–H groups in total. The predicted molar refractivity (Wildman–Crippen MR) is 125 cm³/mol. The first-order chi connectivity index (χ1) is 14.1. The fourth-order valence-corrected chi connectivity index (χ4v) is 8.50. The van der Waals surface area contributed by atoms with Crippen molar-refractivity contribution in [1.29, 1.82) is 0 Å². The topological polar surface area (TPSA) is 25.4 Å². The molecule has 0 radical (unpaired) electrons. The lowest BCUT2D eigenvalue weighted by Crippen LogP contribution is -2.56. The number of benzene rings is 1. The van der Waals surface area contributed by atoms with E-state index in [4.69, 9.17) is 4.43 Å². The van der Waals surface area contributed by atoms with Gasteiger partial charge in [0.05, 0.1) is 11.6 Å². The summed E-state index contributed by atoms with van der Waals surface area (Å²) in [6.45, 7) is 13.5. The summed E-state index contributed by atoms with van der Waals surface area (Å²) in [5.74, 6) is 1.39. The highest BCUT2D eigenvalue weighted by molar-refractivity contribution is 6.73. The van der Waals surface area contributed by atoms with Crippen LogP contribution in [0.3, 0.4) is 0 Å². The molecule has 0 spiro atoms. The van der Waals surface area contributed by atoms with Crippen LogP contribution in [-0.4, -0.2) is 37.3 Å². The molecular formula is C25H36N2OSi. The molecule has 29 heavy (non-hydrogen) atoms. The number of fused-ring (bicyclic) bond motifs is 4. The average molecular weight is 409 g/mol. The highest BCUT2D eigenvalue weighted by Crippen LogP contribution is 2.45. The Balaban J connectivity index is 1.77. The van der Waals surface area contributed by atoms with Gasteiger partial charge in [-0.05, 0) is 67.1 Å². The van der Waals surface area contributed by atoms with E-state index >= 15 is 0 Å². The van der Waals surface area contributed by atoms with Crippen LogP contribution in [0.2, 0.25) is 18.1 Å². The fourth-order valence-electron chi connectivity index (χ4n) is 5.68. The standard InChI is InChI=1S/C25H36N2OSi/c1-5-19-18-27-16-14-20(19)17-24(27)25(28-29(6-2,7-3)8-4)22-13-15-26-23-12-10-9-11-21(22)23/h5,9-13,15,19-20,24-25H,1,6-8,14,16-18H2,2-4H3/t19-,20-,24-,25+/m0/s1. The van der Waals surface area contributed by atoms with Crippen molar-refractivity contribution in [1.82, 2.24) is 9.88 Å². The van der Waals surface area contributed by atoms with E-state index in [1.807, 2.05) is 6.20 Å². The Kier molecular flexibility index (Phi) is 6.23.